The Balaban J connectivity index is 1.55. The van der Waals surface area contributed by atoms with E-state index in [-0.39, 0.29) is 18.3 Å². The Labute approximate surface area is 146 Å². The molecule has 1 spiro atoms. The first-order chi connectivity index (χ1) is 11.6. The molecule has 1 N–H and O–H groups in total. The Bertz CT molecular complexity index is 819. The van der Waals surface area contributed by atoms with Gasteiger partial charge in [0.15, 0.2) is 0 Å². The highest BCUT2D eigenvalue weighted by Crippen LogP contribution is 2.34. The van der Waals surface area contributed by atoms with Crippen LogP contribution in [0.15, 0.2) is 28.8 Å². The first-order valence-corrected chi connectivity index (χ1v) is 8.92. The maximum Gasteiger partial charge on any atom is 0.325 e. The van der Waals surface area contributed by atoms with Crippen LogP contribution in [0.2, 0.25) is 5.02 Å². The molecule has 0 radical (unpaired) electrons. The maximum atomic E-state index is 12.6. The molecule has 9 heteroatoms. The number of aromatic nitrogens is 2. The van der Waals surface area contributed by atoms with Gasteiger partial charge in [0.05, 0.1) is 5.02 Å². The van der Waals surface area contributed by atoms with Crippen LogP contribution >= 0.6 is 23.4 Å². The second-order valence-corrected chi connectivity index (χ2v) is 7.21. The van der Waals surface area contributed by atoms with Gasteiger partial charge in [0.25, 0.3) is 5.91 Å². The number of nitrogens with one attached hydrogen (secondary N) is 1. The van der Waals surface area contributed by atoms with E-state index < -0.39 is 11.6 Å². The minimum atomic E-state index is -0.770. The van der Waals surface area contributed by atoms with E-state index >= 15 is 0 Å². The molecule has 1 unspecified atom stereocenters. The average Bonchev–Trinajstić information content (AvgIpc) is 3.26. The summed E-state index contributed by atoms with van der Waals surface area (Å²) in [5.74, 6) is 1.75. The van der Waals surface area contributed by atoms with Gasteiger partial charge in [-0.1, -0.05) is 28.9 Å². The van der Waals surface area contributed by atoms with Crippen LogP contribution in [0.25, 0.3) is 11.4 Å². The number of carbonyl (C=O) groups excluding carboxylic acids is 2. The zero-order valence-electron chi connectivity index (χ0n) is 12.5. The van der Waals surface area contributed by atoms with Gasteiger partial charge in [-0.25, -0.2) is 4.79 Å². The van der Waals surface area contributed by atoms with E-state index in [0.717, 1.165) is 10.7 Å². The van der Waals surface area contributed by atoms with Crippen LogP contribution in [-0.2, 0) is 11.3 Å². The Morgan fingerprint density at radius 1 is 1.38 bits per heavy atom. The number of nitrogens with zero attached hydrogens (tertiary/aromatic N) is 3. The first-order valence-electron chi connectivity index (χ1n) is 7.38. The van der Waals surface area contributed by atoms with Crippen molar-refractivity contribution in [3.63, 3.8) is 0 Å². The van der Waals surface area contributed by atoms with Gasteiger partial charge in [-0.05, 0) is 24.3 Å². The summed E-state index contributed by atoms with van der Waals surface area (Å²) in [6.45, 7) is -0.0471. The van der Waals surface area contributed by atoms with E-state index in [9.17, 15) is 9.59 Å². The molecule has 0 bridgehead atoms. The summed E-state index contributed by atoms with van der Waals surface area (Å²) >= 11 is 7.77. The van der Waals surface area contributed by atoms with Crippen LogP contribution in [-0.4, -0.2) is 44.0 Å². The third-order valence-electron chi connectivity index (χ3n) is 4.14. The third-order valence-corrected chi connectivity index (χ3v) is 5.66. The van der Waals surface area contributed by atoms with Crippen molar-refractivity contribution in [2.75, 3.05) is 11.5 Å². The molecule has 3 amide bonds. The second-order valence-electron chi connectivity index (χ2n) is 5.70. The molecule has 2 saturated heterocycles. The molecule has 124 valence electrons. The Hall–Kier alpha value is -2.06. The van der Waals surface area contributed by atoms with Gasteiger partial charge in [-0.15, -0.1) is 0 Å². The van der Waals surface area contributed by atoms with Crippen molar-refractivity contribution in [1.82, 2.24) is 20.4 Å². The average molecular weight is 365 g/mol. The molecule has 7 nitrogen and oxygen atoms in total. The number of imide groups is 1. The molecule has 2 aromatic rings. The fourth-order valence-corrected chi connectivity index (χ4v) is 4.40. The van der Waals surface area contributed by atoms with Crippen LogP contribution in [0.1, 0.15) is 12.3 Å². The number of hydrogen-bond donors (Lipinski definition) is 1. The van der Waals surface area contributed by atoms with E-state index in [1.807, 2.05) is 6.07 Å². The monoisotopic (exact) mass is 364 g/mol. The first kappa shape index (κ1) is 15.5. The number of benzene rings is 1. The highest BCUT2D eigenvalue weighted by atomic mass is 35.5. The molecule has 0 saturated carbocycles. The van der Waals surface area contributed by atoms with E-state index in [2.05, 4.69) is 15.5 Å². The molecule has 1 aromatic carbocycles. The van der Waals surface area contributed by atoms with Gasteiger partial charge in [0.2, 0.25) is 11.7 Å². The molecule has 1 atom stereocenters. The Morgan fingerprint density at radius 3 is 2.96 bits per heavy atom. The number of halogens is 1. The second kappa shape index (κ2) is 5.78. The number of thioether (sulfide) groups is 1. The fraction of sp³-hybridized carbons (Fsp3) is 0.333. The zero-order valence-corrected chi connectivity index (χ0v) is 14.1. The fourth-order valence-electron chi connectivity index (χ4n) is 2.86. The molecule has 1 aromatic heterocycles. The van der Waals surface area contributed by atoms with Crippen LogP contribution in [0.3, 0.4) is 0 Å². The van der Waals surface area contributed by atoms with Crippen LogP contribution in [0, 0.1) is 0 Å². The molecule has 2 aliphatic rings. The molecular formula is C15H13ClN4O3S. The minimum absolute atomic E-state index is 0.0471. The zero-order chi connectivity index (χ0) is 16.7. The summed E-state index contributed by atoms with van der Waals surface area (Å²) in [4.78, 5) is 30.1. The lowest BCUT2D eigenvalue weighted by Gasteiger charge is -2.18. The number of amides is 3. The van der Waals surface area contributed by atoms with Gasteiger partial charge in [-0.3, -0.25) is 9.69 Å². The topological polar surface area (TPSA) is 88.3 Å². The third kappa shape index (κ3) is 2.46. The van der Waals surface area contributed by atoms with Crippen LogP contribution < -0.4 is 5.32 Å². The van der Waals surface area contributed by atoms with Gasteiger partial charge in [0, 0.05) is 11.3 Å². The standard InChI is InChI=1S/C15H13ClN4O3S/c16-10-4-2-1-3-9(10)12-17-11(23-19-12)7-20-13(21)15(18-14(20)22)5-6-24-8-15/h1-4H,5-8H2,(H,18,22). The van der Waals surface area contributed by atoms with Gasteiger partial charge in [0.1, 0.15) is 12.1 Å². The van der Waals surface area contributed by atoms with E-state index in [1.165, 1.54) is 0 Å². The SMILES string of the molecule is O=C1NC2(CCSC2)C(=O)N1Cc1nc(-c2ccccc2Cl)no1. The Kier molecular flexibility index (Phi) is 3.73. The minimum Gasteiger partial charge on any atom is -0.337 e. The van der Waals surface area contributed by atoms with Crippen molar-refractivity contribution >= 4 is 35.3 Å². The molecule has 24 heavy (non-hydrogen) atoms. The molecule has 2 fully saturated rings. The van der Waals surface area contributed by atoms with Gasteiger partial charge >= 0.3 is 6.03 Å². The lowest BCUT2D eigenvalue weighted by molar-refractivity contribution is -0.131. The summed E-state index contributed by atoms with van der Waals surface area (Å²) in [5.41, 5.74) is -0.136. The highest BCUT2D eigenvalue weighted by molar-refractivity contribution is 7.99. The van der Waals surface area contributed by atoms with Gasteiger partial charge < -0.3 is 9.84 Å². The van der Waals surface area contributed by atoms with Crippen molar-refractivity contribution < 1.29 is 14.1 Å². The summed E-state index contributed by atoms with van der Waals surface area (Å²) in [7, 11) is 0. The molecular weight excluding hydrogens is 352 g/mol. The van der Waals surface area contributed by atoms with Crippen molar-refractivity contribution in [2.24, 2.45) is 0 Å². The summed E-state index contributed by atoms with van der Waals surface area (Å²) < 4.78 is 5.18. The number of carbonyl (C=O) groups is 2. The summed E-state index contributed by atoms with van der Waals surface area (Å²) in [5, 5.41) is 7.19. The maximum absolute atomic E-state index is 12.6. The Morgan fingerprint density at radius 2 is 2.21 bits per heavy atom. The molecule has 3 heterocycles. The smallest absolute Gasteiger partial charge is 0.325 e. The largest absolute Gasteiger partial charge is 0.337 e. The summed E-state index contributed by atoms with van der Waals surface area (Å²) in [6, 6.07) is 6.70. The van der Waals surface area contributed by atoms with E-state index in [0.29, 0.717) is 28.6 Å². The molecule has 4 rings (SSSR count). The number of rotatable bonds is 3. The predicted octanol–water partition coefficient (Wildman–Crippen LogP) is 2.32. The predicted molar refractivity (Wildman–Crippen MR) is 88.5 cm³/mol. The normalized spacial score (nSPS) is 23.3. The highest BCUT2D eigenvalue weighted by Gasteiger charge is 2.53. The van der Waals surface area contributed by atoms with Crippen molar-refractivity contribution in [2.45, 2.75) is 18.5 Å². The molecule has 2 aliphatic heterocycles. The van der Waals surface area contributed by atoms with Crippen LogP contribution in [0.5, 0.6) is 0 Å². The van der Waals surface area contributed by atoms with E-state index in [1.54, 1.807) is 30.0 Å². The lowest BCUT2D eigenvalue weighted by atomic mass is 9.99. The van der Waals surface area contributed by atoms with Gasteiger partial charge in [-0.2, -0.15) is 16.7 Å². The quantitative estimate of drug-likeness (QED) is 0.841. The van der Waals surface area contributed by atoms with Crippen molar-refractivity contribution in [3.05, 3.63) is 35.2 Å². The number of hydrogen-bond acceptors (Lipinski definition) is 6. The van der Waals surface area contributed by atoms with E-state index in [4.69, 9.17) is 16.1 Å². The summed E-state index contributed by atoms with van der Waals surface area (Å²) in [6.07, 6.45) is 0.646. The number of urea groups is 1. The van der Waals surface area contributed by atoms with Crippen molar-refractivity contribution in [1.29, 1.82) is 0 Å². The van der Waals surface area contributed by atoms with Crippen LogP contribution in [0.4, 0.5) is 4.79 Å². The lowest BCUT2D eigenvalue weighted by Crippen LogP contribution is -2.46. The molecule has 0 aliphatic carbocycles. The van der Waals surface area contributed by atoms with Crippen molar-refractivity contribution in [3.8, 4) is 11.4 Å².